The molecule has 0 aliphatic carbocycles. The molecule has 0 bridgehead atoms. The molecule has 0 saturated heterocycles. The summed E-state index contributed by atoms with van der Waals surface area (Å²) in [6, 6.07) is 4.23. The number of aryl methyl sites for hydroxylation is 1. The van der Waals surface area contributed by atoms with E-state index < -0.39 is 11.7 Å². The Morgan fingerprint density at radius 1 is 1.48 bits per heavy atom. The van der Waals surface area contributed by atoms with Crippen LogP contribution in [-0.4, -0.2) is 21.1 Å². The van der Waals surface area contributed by atoms with E-state index in [0.29, 0.717) is 16.8 Å². The number of hydrogen-bond donors (Lipinski definition) is 2. The van der Waals surface area contributed by atoms with Crippen molar-refractivity contribution in [2.75, 3.05) is 0 Å². The van der Waals surface area contributed by atoms with E-state index in [1.54, 1.807) is 26.0 Å². The van der Waals surface area contributed by atoms with E-state index in [4.69, 9.17) is 4.42 Å². The van der Waals surface area contributed by atoms with Crippen LogP contribution in [0.3, 0.4) is 0 Å². The summed E-state index contributed by atoms with van der Waals surface area (Å²) >= 11 is 0. The van der Waals surface area contributed by atoms with Gasteiger partial charge in [0.2, 0.25) is 0 Å². The van der Waals surface area contributed by atoms with Crippen LogP contribution < -0.4 is 5.32 Å². The zero-order valence-corrected chi connectivity index (χ0v) is 11.5. The summed E-state index contributed by atoms with van der Waals surface area (Å²) in [5, 5.41) is 9.73. The summed E-state index contributed by atoms with van der Waals surface area (Å²) in [6.07, 6.45) is 1.36. The number of H-pyrrole nitrogens is 1. The predicted octanol–water partition coefficient (Wildman–Crippen LogP) is 2.49. The monoisotopic (exact) mass is 288 g/mol. The van der Waals surface area contributed by atoms with Gasteiger partial charge in [-0.1, -0.05) is 12.1 Å². The van der Waals surface area contributed by atoms with Gasteiger partial charge in [-0.05, 0) is 19.9 Å². The molecule has 0 spiro atoms. The summed E-state index contributed by atoms with van der Waals surface area (Å²) in [6.45, 7) is 3.48. The van der Waals surface area contributed by atoms with Crippen LogP contribution in [0.5, 0.6) is 0 Å². The number of carbonyl (C=O) groups is 1. The molecule has 0 radical (unpaired) electrons. The van der Waals surface area contributed by atoms with Gasteiger partial charge in [-0.25, -0.2) is 9.37 Å². The van der Waals surface area contributed by atoms with Crippen molar-refractivity contribution in [3.8, 4) is 0 Å². The number of amides is 1. The maximum absolute atomic E-state index is 13.7. The molecule has 1 unspecified atom stereocenters. The Balaban J connectivity index is 1.91. The second-order valence-corrected chi connectivity index (χ2v) is 4.74. The summed E-state index contributed by atoms with van der Waals surface area (Å²) in [4.78, 5) is 16.2. The maximum Gasteiger partial charge on any atom is 0.287 e. The van der Waals surface area contributed by atoms with Crippen LogP contribution in [0.4, 0.5) is 4.39 Å². The van der Waals surface area contributed by atoms with Crippen molar-refractivity contribution < 1.29 is 13.6 Å². The van der Waals surface area contributed by atoms with Crippen molar-refractivity contribution in [3.63, 3.8) is 0 Å². The van der Waals surface area contributed by atoms with E-state index in [1.165, 1.54) is 12.4 Å². The van der Waals surface area contributed by atoms with E-state index in [2.05, 4.69) is 20.5 Å². The molecular formula is C14H13FN4O2. The molecule has 3 aromatic rings. The molecule has 2 aromatic heterocycles. The molecule has 1 amide bonds. The van der Waals surface area contributed by atoms with Gasteiger partial charge >= 0.3 is 0 Å². The van der Waals surface area contributed by atoms with Gasteiger partial charge in [0.15, 0.2) is 17.2 Å². The largest absolute Gasteiger partial charge is 0.448 e. The fourth-order valence-electron chi connectivity index (χ4n) is 2.18. The molecule has 0 aliphatic rings. The lowest BCUT2D eigenvalue weighted by molar-refractivity contribution is 0.0911. The Bertz CT molecular complexity index is 795. The van der Waals surface area contributed by atoms with E-state index in [-0.39, 0.29) is 17.4 Å². The van der Waals surface area contributed by atoms with Gasteiger partial charge in [0.25, 0.3) is 5.91 Å². The third-order valence-corrected chi connectivity index (χ3v) is 3.31. The maximum atomic E-state index is 13.7. The second kappa shape index (κ2) is 5.01. The van der Waals surface area contributed by atoms with Gasteiger partial charge < -0.3 is 9.73 Å². The second-order valence-electron chi connectivity index (χ2n) is 4.74. The lowest BCUT2D eigenvalue weighted by atomic mass is 10.1. The zero-order valence-electron chi connectivity index (χ0n) is 11.5. The van der Waals surface area contributed by atoms with E-state index in [0.717, 1.165) is 0 Å². The molecule has 21 heavy (non-hydrogen) atoms. The lowest BCUT2D eigenvalue weighted by Crippen LogP contribution is -2.27. The van der Waals surface area contributed by atoms with Crippen molar-refractivity contribution >= 4 is 16.9 Å². The van der Waals surface area contributed by atoms with Crippen LogP contribution in [0.2, 0.25) is 0 Å². The van der Waals surface area contributed by atoms with Crippen LogP contribution >= 0.6 is 0 Å². The molecule has 2 N–H and O–H groups in total. The highest BCUT2D eigenvalue weighted by atomic mass is 19.1. The van der Waals surface area contributed by atoms with Crippen LogP contribution in [-0.2, 0) is 0 Å². The van der Waals surface area contributed by atoms with Crippen molar-refractivity contribution in [2.24, 2.45) is 0 Å². The van der Waals surface area contributed by atoms with Crippen LogP contribution in [0.1, 0.15) is 34.9 Å². The van der Waals surface area contributed by atoms with Gasteiger partial charge in [0, 0.05) is 10.9 Å². The summed E-state index contributed by atoms with van der Waals surface area (Å²) < 4.78 is 19.1. The Kier molecular flexibility index (Phi) is 3.17. The van der Waals surface area contributed by atoms with E-state index >= 15 is 0 Å². The summed E-state index contributed by atoms with van der Waals surface area (Å²) in [7, 11) is 0. The molecule has 108 valence electrons. The van der Waals surface area contributed by atoms with Gasteiger partial charge in [0.05, 0.1) is 6.04 Å². The van der Waals surface area contributed by atoms with E-state index in [9.17, 15) is 9.18 Å². The number of nitrogens with zero attached hydrogens (tertiary/aromatic N) is 2. The quantitative estimate of drug-likeness (QED) is 0.775. The first-order valence-electron chi connectivity index (χ1n) is 6.41. The van der Waals surface area contributed by atoms with Crippen molar-refractivity contribution in [1.29, 1.82) is 0 Å². The summed E-state index contributed by atoms with van der Waals surface area (Å²) in [5.74, 6) is -0.283. The number of para-hydroxylation sites is 1. The Hall–Kier alpha value is -2.70. The molecule has 0 fully saturated rings. The number of hydrogen-bond acceptors (Lipinski definition) is 4. The molecule has 7 heteroatoms. The first-order valence-corrected chi connectivity index (χ1v) is 6.41. The number of halogens is 1. The fraction of sp³-hybridized carbons (Fsp3) is 0.214. The summed E-state index contributed by atoms with van der Waals surface area (Å²) in [5.41, 5.74) is 0.694. The number of benzene rings is 1. The van der Waals surface area contributed by atoms with Crippen molar-refractivity contribution in [3.05, 3.63) is 47.5 Å². The highest BCUT2D eigenvalue weighted by molar-refractivity contribution is 5.99. The van der Waals surface area contributed by atoms with Gasteiger partial charge in [-0.2, -0.15) is 5.10 Å². The van der Waals surface area contributed by atoms with E-state index in [1.807, 2.05) is 0 Å². The highest BCUT2D eigenvalue weighted by Crippen LogP contribution is 2.27. The zero-order chi connectivity index (χ0) is 15.0. The van der Waals surface area contributed by atoms with Crippen LogP contribution in [0.15, 0.2) is 28.9 Å². The molecule has 1 atom stereocenters. The predicted molar refractivity (Wildman–Crippen MR) is 73.2 cm³/mol. The average molecular weight is 288 g/mol. The molecule has 0 aliphatic heterocycles. The first-order chi connectivity index (χ1) is 10.1. The average Bonchev–Trinajstić information content (AvgIpc) is 3.08. The fourth-order valence-corrected chi connectivity index (χ4v) is 2.18. The molecular weight excluding hydrogens is 275 g/mol. The number of rotatable bonds is 3. The number of furan rings is 1. The standard InChI is InChI=1S/C14H13FN4O2/c1-7-9-4-3-5-10(15)12(9)21-11(7)14(20)18-8(2)13-16-6-17-19-13/h3-6,8H,1-2H3,(H,18,20)(H,16,17,19). The number of carbonyl (C=O) groups excluding carboxylic acids is 1. The third kappa shape index (κ3) is 2.26. The Morgan fingerprint density at radius 3 is 2.95 bits per heavy atom. The normalized spacial score (nSPS) is 12.5. The number of aromatic amines is 1. The molecule has 2 heterocycles. The smallest absolute Gasteiger partial charge is 0.287 e. The highest BCUT2D eigenvalue weighted by Gasteiger charge is 2.21. The number of nitrogens with one attached hydrogen (secondary N) is 2. The molecule has 0 saturated carbocycles. The number of fused-ring (bicyclic) bond motifs is 1. The molecule has 6 nitrogen and oxygen atoms in total. The molecule has 1 aromatic carbocycles. The van der Waals surface area contributed by atoms with Gasteiger partial charge in [-0.3, -0.25) is 9.89 Å². The van der Waals surface area contributed by atoms with Crippen LogP contribution in [0.25, 0.3) is 11.0 Å². The Morgan fingerprint density at radius 2 is 2.29 bits per heavy atom. The molecule has 3 rings (SSSR count). The van der Waals surface area contributed by atoms with Gasteiger partial charge in [0.1, 0.15) is 12.2 Å². The van der Waals surface area contributed by atoms with Gasteiger partial charge in [-0.15, -0.1) is 0 Å². The SMILES string of the molecule is Cc1c(C(=O)NC(C)c2ncn[nH]2)oc2c(F)cccc12. The van der Waals surface area contributed by atoms with Crippen LogP contribution in [0, 0.1) is 12.7 Å². The topological polar surface area (TPSA) is 83.8 Å². The lowest BCUT2D eigenvalue weighted by Gasteiger charge is -2.09. The van der Waals surface area contributed by atoms with Crippen molar-refractivity contribution in [1.82, 2.24) is 20.5 Å². The van der Waals surface area contributed by atoms with Crippen molar-refractivity contribution in [2.45, 2.75) is 19.9 Å². The number of aromatic nitrogens is 3. The minimum absolute atomic E-state index is 0.0902. The first kappa shape index (κ1) is 13.3. The Labute approximate surface area is 119 Å². The minimum Gasteiger partial charge on any atom is -0.448 e. The third-order valence-electron chi connectivity index (χ3n) is 3.31. The minimum atomic E-state index is -0.488.